The molecular weight excluding hydrogens is 616 g/mol. The number of aryl methyl sites for hydroxylation is 1. The molecule has 1 fully saturated rings. The first kappa shape index (κ1) is 34.3. The fourth-order valence-electron chi connectivity index (χ4n) is 6.30. The summed E-state index contributed by atoms with van der Waals surface area (Å²) in [5.41, 5.74) is 0.539. The zero-order valence-corrected chi connectivity index (χ0v) is 27.4. The highest BCUT2D eigenvalue weighted by molar-refractivity contribution is 5.66. The molecule has 252 valence electrons. The smallest absolute Gasteiger partial charge is 0.330 e. The second-order valence-corrected chi connectivity index (χ2v) is 11.7. The van der Waals surface area contributed by atoms with E-state index in [0.717, 1.165) is 16.7 Å². The lowest BCUT2D eigenvalue weighted by atomic mass is 9.80. The first-order chi connectivity index (χ1) is 23.1. The van der Waals surface area contributed by atoms with Crippen LogP contribution in [0.25, 0.3) is 0 Å². The number of nitrogens with one attached hydrogen (secondary N) is 1. The molecule has 5 rings (SSSR count). The normalized spacial score (nSPS) is 19.1. The SMILES string of the molecule is COc1ccc(C(OC[C@H]2O[C@@H](n3cc(C)c(=O)[nH]c3=O)[C@H](CCCOC(C)=O)[C@@H]2OC(C)=O)(c2ccccc2)c2ccccc2)cc1. The van der Waals surface area contributed by atoms with E-state index in [1.807, 2.05) is 84.9 Å². The minimum Gasteiger partial charge on any atom is -0.497 e. The van der Waals surface area contributed by atoms with Crippen molar-refractivity contribution < 1.29 is 33.3 Å². The molecule has 48 heavy (non-hydrogen) atoms. The van der Waals surface area contributed by atoms with Crippen molar-refractivity contribution in [3.05, 3.63) is 134 Å². The van der Waals surface area contributed by atoms with E-state index in [9.17, 15) is 19.2 Å². The van der Waals surface area contributed by atoms with Gasteiger partial charge in [-0.25, -0.2) is 4.79 Å². The van der Waals surface area contributed by atoms with E-state index in [0.29, 0.717) is 24.2 Å². The first-order valence-electron chi connectivity index (χ1n) is 15.8. The number of aromatic amines is 1. The monoisotopic (exact) mass is 656 g/mol. The molecule has 0 unspecified atom stereocenters. The summed E-state index contributed by atoms with van der Waals surface area (Å²) in [5.74, 6) is -0.813. The molecule has 0 aliphatic carbocycles. The molecule has 11 heteroatoms. The summed E-state index contributed by atoms with van der Waals surface area (Å²) in [4.78, 5) is 51.7. The van der Waals surface area contributed by atoms with Gasteiger partial charge in [0, 0.05) is 31.5 Å². The molecule has 3 aromatic carbocycles. The van der Waals surface area contributed by atoms with Crippen LogP contribution >= 0.6 is 0 Å². The molecule has 1 saturated heterocycles. The van der Waals surface area contributed by atoms with Crippen molar-refractivity contribution in [2.24, 2.45) is 5.92 Å². The minimum absolute atomic E-state index is 0.0538. The summed E-state index contributed by atoms with van der Waals surface area (Å²) >= 11 is 0. The van der Waals surface area contributed by atoms with Crippen molar-refractivity contribution in [3.8, 4) is 5.75 Å². The molecule has 4 atom stereocenters. The third-order valence-electron chi connectivity index (χ3n) is 8.50. The maximum atomic E-state index is 13.1. The van der Waals surface area contributed by atoms with Crippen LogP contribution in [-0.4, -0.2) is 54.0 Å². The number of carbonyl (C=O) groups excluding carboxylic acids is 2. The minimum atomic E-state index is -1.13. The van der Waals surface area contributed by atoms with E-state index < -0.39 is 53.1 Å². The topological polar surface area (TPSA) is 135 Å². The summed E-state index contributed by atoms with van der Waals surface area (Å²) < 4.78 is 31.5. The van der Waals surface area contributed by atoms with Crippen LogP contribution in [0.1, 0.15) is 55.2 Å². The van der Waals surface area contributed by atoms with Crippen LogP contribution < -0.4 is 16.0 Å². The van der Waals surface area contributed by atoms with Gasteiger partial charge in [-0.15, -0.1) is 0 Å². The predicted molar refractivity (Wildman–Crippen MR) is 177 cm³/mol. The number of hydrogen-bond acceptors (Lipinski definition) is 9. The van der Waals surface area contributed by atoms with Crippen molar-refractivity contribution in [3.63, 3.8) is 0 Å². The third-order valence-corrected chi connectivity index (χ3v) is 8.50. The molecule has 0 saturated carbocycles. The van der Waals surface area contributed by atoms with E-state index in [1.165, 1.54) is 24.6 Å². The van der Waals surface area contributed by atoms with Gasteiger partial charge in [-0.3, -0.25) is 23.9 Å². The Hall–Kier alpha value is -5.00. The molecule has 11 nitrogen and oxygen atoms in total. The summed E-state index contributed by atoms with van der Waals surface area (Å²) in [6.07, 6.45) is -0.374. The maximum Gasteiger partial charge on any atom is 0.330 e. The van der Waals surface area contributed by atoms with Crippen LogP contribution in [0.4, 0.5) is 0 Å². The van der Waals surface area contributed by atoms with Crippen molar-refractivity contribution >= 4 is 11.9 Å². The van der Waals surface area contributed by atoms with Crippen molar-refractivity contribution in [2.45, 2.75) is 57.6 Å². The van der Waals surface area contributed by atoms with Gasteiger partial charge in [-0.05, 0) is 48.6 Å². The second kappa shape index (κ2) is 15.3. The molecule has 4 aromatic rings. The van der Waals surface area contributed by atoms with Gasteiger partial charge in [0.1, 0.15) is 29.8 Å². The number of H-pyrrole nitrogens is 1. The van der Waals surface area contributed by atoms with Crippen molar-refractivity contribution in [1.82, 2.24) is 9.55 Å². The van der Waals surface area contributed by atoms with Gasteiger partial charge in [0.15, 0.2) is 0 Å². The van der Waals surface area contributed by atoms with E-state index in [4.69, 9.17) is 23.7 Å². The van der Waals surface area contributed by atoms with Crippen molar-refractivity contribution in [1.29, 1.82) is 0 Å². The quantitative estimate of drug-likeness (QED) is 0.124. The highest BCUT2D eigenvalue weighted by Crippen LogP contribution is 2.44. The molecule has 0 bridgehead atoms. The van der Waals surface area contributed by atoms with Crippen LogP contribution in [0.2, 0.25) is 0 Å². The number of ether oxygens (including phenoxy) is 5. The van der Waals surface area contributed by atoms with Crippen molar-refractivity contribution in [2.75, 3.05) is 20.3 Å². The summed E-state index contributed by atoms with van der Waals surface area (Å²) in [7, 11) is 1.61. The summed E-state index contributed by atoms with van der Waals surface area (Å²) in [6.45, 7) is 4.31. The average Bonchev–Trinajstić information content (AvgIpc) is 3.41. The van der Waals surface area contributed by atoms with Crippen LogP contribution in [0, 0.1) is 12.8 Å². The van der Waals surface area contributed by atoms with Gasteiger partial charge in [0.05, 0.1) is 20.3 Å². The van der Waals surface area contributed by atoms with E-state index in [2.05, 4.69) is 4.98 Å². The number of carbonyl (C=O) groups is 2. The highest BCUT2D eigenvalue weighted by Gasteiger charge is 2.49. The molecular formula is C37H40N2O9. The number of hydrogen-bond donors (Lipinski definition) is 1. The molecule has 0 amide bonds. The predicted octanol–water partition coefficient (Wildman–Crippen LogP) is 4.65. The Morgan fingerprint density at radius 1 is 0.875 bits per heavy atom. The van der Waals surface area contributed by atoms with E-state index >= 15 is 0 Å². The van der Waals surface area contributed by atoms with Crippen LogP contribution in [0.15, 0.2) is 101 Å². The average molecular weight is 657 g/mol. The second-order valence-electron chi connectivity index (χ2n) is 11.7. The Morgan fingerprint density at radius 2 is 1.48 bits per heavy atom. The Bertz CT molecular complexity index is 1760. The molecule has 2 heterocycles. The van der Waals surface area contributed by atoms with Crippen LogP contribution in [-0.2, 0) is 34.1 Å². The molecule has 1 aliphatic heterocycles. The molecule has 0 radical (unpaired) electrons. The Morgan fingerprint density at radius 3 is 2.04 bits per heavy atom. The van der Waals surface area contributed by atoms with Gasteiger partial charge in [-0.1, -0.05) is 72.8 Å². The van der Waals surface area contributed by atoms with Gasteiger partial charge >= 0.3 is 17.6 Å². The Kier molecular flexibility index (Phi) is 10.9. The standard InChI is InChI=1S/C37H40N2O9/c1-24-22-39(36(43)38-34(24)42)35-31(16-11-21-45-25(2)40)33(47-26(3)41)32(48-35)23-46-37(27-12-7-5-8-13-27,28-14-9-6-10-15-28)29-17-19-30(44-4)20-18-29/h5-10,12-15,17-20,22,31-33,35H,11,16,21,23H2,1-4H3,(H,38,42,43)/t31-,32-,33+,35-/m1/s1. The summed E-state index contributed by atoms with van der Waals surface area (Å²) in [5, 5.41) is 0. The lowest BCUT2D eigenvalue weighted by Crippen LogP contribution is -2.40. The van der Waals surface area contributed by atoms with Crippen LogP contribution in [0.5, 0.6) is 5.75 Å². The zero-order valence-electron chi connectivity index (χ0n) is 27.4. The van der Waals surface area contributed by atoms with Gasteiger partial charge in [0.2, 0.25) is 0 Å². The third kappa shape index (κ3) is 7.42. The Balaban J connectivity index is 1.59. The molecule has 0 spiro atoms. The number of esters is 2. The number of benzene rings is 3. The number of aromatic nitrogens is 2. The lowest BCUT2D eigenvalue weighted by molar-refractivity contribution is -0.154. The largest absolute Gasteiger partial charge is 0.497 e. The fraction of sp³-hybridized carbons (Fsp3) is 0.351. The van der Waals surface area contributed by atoms with Crippen LogP contribution in [0.3, 0.4) is 0 Å². The highest BCUT2D eigenvalue weighted by atomic mass is 16.6. The number of rotatable bonds is 13. The van der Waals surface area contributed by atoms with Gasteiger partial charge in [0.25, 0.3) is 5.56 Å². The molecule has 1 N–H and O–H groups in total. The Labute approximate surface area is 278 Å². The molecule has 1 aromatic heterocycles. The number of nitrogens with zero attached hydrogens (tertiary/aromatic N) is 1. The first-order valence-corrected chi connectivity index (χ1v) is 15.8. The fourth-order valence-corrected chi connectivity index (χ4v) is 6.30. The molecule has 1 aliphatic rings. The van der Waals surface area contributed by atoms with E-state index in [-0.39, 0.29) is 13.2 Å². The number of methoxy groups -OCH3 is 1. The van der Waals surface area contributed by atoms with E-state index in [1.54, 1.807) is 14.0 Å². The zero-order chi connectivity index (χ0) is 34.3. The van der Waals surface area contributed by atoms with Gasteiger partial charge < -0.3 is 23.7 Å². The lowest BCUT2D eigenvalue weighted by Gasteiger charge is -2.37. The summed E-state index contributed by atoms with van der Waals surface area (Å²) in [6, 6.07) is 27.2. The van der Waals surface area contributed by atoms with Gasteiger partial charge in [-0.2, -0.15) is 0 Å². The maximum absolute atomic E-state index is 13.1.